The molecule has 28 heavy (non-hydrogen) atoms. The van der Waals surface area contributed by atoms with Crippen LogP contribution in [-0.4, -0.2) is 37.4 Å². The Hall–Kier alpha value is -2.78. The number of amides is 1. The first-order valence-corrected chi connectivity index (χ1v) is 11.0. The maximum absolute atomic E-state index is 13.3. The number of sulfonamides is 1. The Morgan fingerprint density at radius 2 is 2.04 bits per heavy atom. The molecule has 2 aliphatic rings. The van der Waals surface area contributed by atoms with Crippen molar-refractivity contribution in [2.45, 2.75) is 6.04 Å². The number of nitrogens with one attached hydrogen (secondary N) is 1. The van der Waals surface area contributed by atoms with Gasteiger partial charge in [0, 0.05) is 17.6 Å². The summed E-state index contributed by atoms with van der Waals surface area (Å²) in [6.07, 6.45) is 4.92. The number of benzene rings is 1. The zero-order chi connectivity index (χ0) is 19.7. The summed E-state index contributed by atoms with van der Waals surface area (Å²) in [6.45, 7) is 0.245. The van der Waals surface area contributed by atoms with Gasteiger partial charge < -0.3 is 10.2 Å². The van der Waals surface area contributed by atoms with E-state index < -0.39 is 22.0 Å². The number of thiophene rings is 1. The molecule has 2 aromatic rings. The number of rotatable bonds is 4. The lowest BCUT2D eigenvalue weighted by atomic mass is 10.0. The highest BCUT2D eigenvalue weighted by atomic mass is 32.2. The summed E-state index contributed by atoms with van der Waals surface area (Å²) in [4.78, 5) is 15.5. The van der Waals surface area contributed by atoms with Gasteiger partial charge in [-0.05, 0) is 41.3 Å². The Morgan fingerprint density at radius 1 is 1.25 bits per heavy atom. The van der Waals surface area contributed by atoms with Gasteiger partial charge in [0.1, 0.15) is 5.82 Å². The monoisotopic (exact) mass is 417 g/mol. The maximum atomic E-state index is 13.3. The number of carbonyl (C=O) groups excluding carboxylic acids is 1. The number of nitrogens with zero attached hydrogens (tertiary/aromatic N) is 2. The van der Waals surface area contributed by atoms with Gasteiger partial charge in [0.15, 0.2) is 5.84 Å². The smallest absolute Gasteiger partial charge is 0.256 e. The zero-order valence-electron chi connectivity index (χ0n) is 14.6. The third kappa shape index (κ3) is 3.76. The fraction of sp³-hybridized carbons (Fsp3) is 0.158. The van der Waals surface area contributed by atoms with Crippen LogP contribution in [0.5, 0.6) is 0 Å². The summed E-state index contributed by atoms with van der Waals surface area (Å²) < 4.78 is 40.9. The Morgan fingerprint density at radius 3 is 2.75 bits per heavy atom. The third-order valence-electron chi connectivity index (χ3n) is 4.41. The number of allylic oxidation sites excluding steroid dienone is 2. The summed E-state index contributed by atoms with van der Waals surface area (Å²) in [5, 5.41) is 4.82. The van der Waals surface area contributed by atoms with E-state index in [9.17, 15) is 17.6 Å². The molecule has 0 saturated heterocycles. The second kappa shape index (κ2) is 7.33. The maximum Gasteiger partial charge on any atom is 0.256 e. The van der Waals surface area contributed by atoms with Crippen molar-refractivity contribution in [2.75, 3.05) is 12.3 Å². The minimum absolute atomic E-state index is 0.0941. The van der Waals surface area contributed by atoms with Crippen LogP contribution < -0.4 is 5.32 Å². The molecule has 1 amide bonds. The van der Waals surface area contributed by atoms with Gasteiger partial charge in [0.25, 0.3) is 15.9 Å². The van der Waals surface area contributed by atoms with E-state index in [-0.39, 0.29) is 29.5 Å². The van der Waals surface area contributed by atoms with E-state index >= 15 is 0 Å². The third-order valence-corrected chi connectivity index (χ3v) is 6.50. The van der Waals surface area contributed by atoms with Gasteiger partial charge in [-0.25, -0.2) is 12.8 Å². The van der Waals surface area contributed by atoms with E-state index in [1.54, 1.807) is 35.4 Å². The number of halogens is 1. The molecule has 0 radical (unpaired) electrons. The van der Waals surface area contributed by atoms with Crippen LogP contribution in [-0.2, 0) is 14.8 Å². The number of fused-ring (bicyclic) bond motifs is 1. The predicted octanol–water partition coefficient (Wildman–Crippen LogP) is 2.59. The lowest BCUT2D eigenvalue weighted by Crippen LogP contribution is -2.43. The second-order valence-corrected chi connectivity index (χ2v) is 9.02. The highest BCUT2D eigenvalue weighted by molar-refractivity contribution is 7.90. The van der Waals surface area contributed by atoms with E-state index in [0.717, 1.165) is 10.4 Å². The van der Waals surface area contributed by atoms with Crippen LogP contribution in [0, 0.1) is 5.82 Å². The number of amidine groups is 1. The van der Waals surface area contributed by atoms with Gasteiger partial charge in [-0.15, -0.1) is 15.7 Å². The van der Waals surface area contributed by atoms with Crippen molar-refractivity contribution < 1.29 is 17.6 Å². The van der Waals surface area contributed by atoms with Crippen LogP contribution in [0.3, 0.4) is 0 Å². The Labute approximate surface area is 165 Å². The van der Waals surface area contributed by atoms with Crippen molar-refractivity contribution >= 4 is 33.1 Å². The van der Waals surface area contributed by atoms with Gasteiger partial charge in [-0.3, -0.25) is 4.79 Å². The van der Waals surface area contributed by atoms with Gasteiger partial charge in [0.05, 0.1) is 17.4 Å². The molecule has 1 N–H and O–H groups in total. The largest absolute Gasteiger partial charge is 0.340 e. The minimum Gasteiger partial charge on any atom is -0.340 e. The van der Waals surface area contributed by atoms with Crippen LogP contribution in [0.2, 0.25) is 0 Å². The number of hydrogen-bond donors (Lipinski definition) is 1. The highest BCUT2D eigenvalue weighted by Gasteiger charge is 2.31. The summed E-state index contributed by atoms with van der Waals surface area (Å²) in [6, 6.07) is 9.16. The molecule has 0 bridgehead atoms. The minimum atomic E-state index is -3.60. The lowest BCUT2D eigenvalue weighted by Gasteiger charge is -2.29. The van der Waals surface area contributed by atoms with Gasteiger partial charge >= 0.3 is 0 Å². The summed E-state index contributed by atoms with van der Waals surface area (Å²) in [5.74, 6) is -0.788. The lowest BCUT2D eigenvalue weighted by molar-refractivity contribution is -0.117. The van der Waals surface area contributed by atoms with E-state index in [1.165, 1.54) is 23.5 Å². The molecule has 0 saturated carbocycles. The van der Waals surface area contributed by atoms with Crippen LogP contribution in [0.1, 0.15) is 16.5 Å². The number of hydrogen-bond acceptors (Lipinski definition) is 5. The van der Waals surface area contributed by atoms with Crippen molar-refractivity contribution in [2.24, 2.45) is 4.40 Å². The van der Waals surface area contributed by atoms with Crippen LogP contribution >= 0.6 is 11.3 Å². The van der Waals surface area contributed by atoms with Crippen LogP contribution in [0.25, 0.3) is 0 Å². The first kappa shape index (κ1) is 18.6. The van der Waals surface area contributed by atoms with Crippen molar-refractivity contribution in [1.29, 1.82) is 0 Å². The Kier molecular flexibility index (Phi) is 4.86. The average molecular weight is 417 g/mol. The molecular weight excluding hydrogens is 401 g/mol. The molecule has 0 aliphatic carbocycles. The summed E-state index contributed by atoms with van der Waals surface area (Å²) in [5.41, 5.74) is 0.897. The van der Waals surface area contributed by atoms with E-state index in [0.29, 0.717) is 0 Å². The molecule has 9 heteroatoms. The molecule has 0 fully saturated rings. The molecule has 2 aliphatic heterocycles. The fourth-order valence-corrected chi connectivity index (χ4v) is 4.82. The van der Waals surface area contributed by atoms with Crippen molar-refractivity contribution in [1.82, 2.24) is 10.2 Å². The molecule has 1 atom stereocenters. The van der Waals surface area contributed by atoms with Crippen molar-refractivity contribution in [3.8, 4) is 0 Å². The molecule has 1 aromatic heterocycles. The first-order valence-electron chi connectivity index (χ1n) is 8.51. The van der Waals surface area contributed by atoms with Crippen LogP contribution in [0.15, 0.2) is 70.1 Å². The molecule has 6 nitrogen and oxygen atoms in total. The second-order valence-electron chi connectivity index (χ2n) is 6.29. The predicted molar refractivity (Wildman–Crippen MR) is 106 cm³/mol. The SMILES string of the molecule is O=C(NC(c1ccc(F)cc1)c1cccs1)C1=CC=CN2CCS(=O)(=O)N=C12. The van der Waals surface area contributed by atoms with Gasteiger partial charge in [0.2, 0.25) is 0 Å². The fourth-order valence-electron chi connectivity index (χ4n) is 3.03. The summed E-state index contributed by atoms with van der Waals surface area (Å²) in [7, 11) is -3.60. The van der Waals surface area contributed by atoms with E-state index in [2.05, 4.69) is 9.71 Å². The molecule has 3 heterocycles. The van der Waals surface area contributed by atoms with Gasteiger partial charge in [-0.1, -0.05) is 18.2 Å². The zero-order valence-corrected chi connectivity index (χ0v) is 16.2. The quantitative estimate of drug-likeness (QED) is 0.829. The molecule has 1 aromatic carbocycles. The van der Waals surface area contributed by atoms with Crippen LogP contribution in [0.4, 0.5) is 4.39 Å². The Bertz CT molecular complexity index is 1090. The van der Waals surface area contributed by atoms with Gasteiger partial charge in [-0.2, -0.15) is 0 Å². The standard InChI is InChI=1S/C19H16FN3O3S2/c20-14-7-5-13(6-8-14)17(16-4-2-11-27-16)21-19(24)15-3-1-9-23-10-12-28(25,26)22-18(15)23/h1-9,11,17H,10,12H2,(H,21,24). The average Bonchev–Trinajstić information content (AvgIpc) is 3.20. The molecule has 144 valence electrons. The first-order chi connectivity index (χ1) is 13.4. The summed E-state index contributed by atoms with van der Waals surface area (Å²) >= 11 is 1.46. The molecular formula is C19H16FN3O3S2. The molecule has 4 rings (SSSR count). The topological polar surface area (TPSA) is 78.8 Å². The molecule has 0 spiro atoms. The normalized spacial score (nSPS) is 18.7. The van der Waals surface area contributed by atoms with E-state index in [4.69, 9.17) is 0 Å². The van der Waals surface area contributed by atoms with Crippen molar-refractivity contribution in [3.05, 3.63) is 82.0 Å². The van der Waals surface area contributed by atoms with E-state index in [1.807, 2.05) is 17.5 Å². The Balaban J connectivity index is 1.66. The van der Waals surface area contributed by atoms with Crippen molar-refractivity contribution in [3.63, 3.8) is 0 Å². The highest BCUT2D eigenvalue weighted by Crippen LogP contribution is 2.27. The number of carbonyl (C=O) groups is 1. The molecule has 1 unspecified atom stereocenters.